The molecule has 0 saturated heterocycles. The number of carbonyl (C=O) groups excluding carboxylic acids is 1. The molecular formula is C26H27F3N4O3. The largest absolute Gasteiger partial charge is 0.454 e. The van der Waals surface area contributed by atoms with Gasteiger partial charge in [0.1, 0.15) is 0 Å². The molecule has 0 fully saturated rings. The van der Waals surface area contributed by atoms with Crippen molar-refractivity contribution in [3.8, 4) is 17.2 Å². The average molecular weight is 501 g/mol. The van der Waals surface area contributed by atoms with Gasteiger partial charge in [0, 0.05) is 55.5 Å². The molecule has 36 heavy (non-hydrogen) atoms. The van der Waals surface area contributed by atoms with Crippen molar-refractivity contribution < 1.29 is 27.4 Å². The number of alkyl halides is 3. The molecule has 1 aromatic heterocycles. The summed E-state index contributed by atoms with van der Waals surface area (Å²) < 4.78 is 53.9. The molecule has 1 amide bonds. The van der Waals surface area contributed by atoms with Gasteiger partial charge in [0.15, 0.2) is 17.2 Å². The van der Waals surface area contributed by atoms with Gasteiger partial charge in [-0.1, -0.05) is 13.0 Å². The molecule has 0 bridgehead atoms. The second kappa shape index (κ2) is 9.16. The first-order valence-corrected chi connectivity index (χ1v) is 11.9. The van der Waals surface area contributed by atoms with Crippen molar-refractivity contribution in [3.63, 3.8) is 0 Å². The molecule has 3 heterocycles. The van der Waals surface area contributed by atoms with E-state index in [1.54, 1.807) is 49.5 Å². The molecular weight excluding hydrogens is 473 g/mol. The van der Waals surface area contributed by atoms with Crippen LogP contribution in [0.3, 0.4) is 0 Å². The molecule has 5 rings (SSSR count). The van der Waals surface area contributed by atoms with Crippen molar-refractivity contribution in [2.75, 3.05) is 25.3 Å². The molecule has 0 radical (unpaired) electrons. The van der Waals surface area contributed by atoms with E-state index in [4.69, 9.17) is 9.47 Å². The highest BCUT2D eigenvalue weighted by molar-refractivity contribution is 6.06. The van der Waals surface area contributed by atoms with Crippen LogP contribution in [0.15, 0.2) is 42.5 Å². The van der Waals surface area contributed by atoms with Gasteiger partial charge in [0.25, 0.3) is 5.91 Å². The fraction of sp³-hybridized carbons (Fsp3) is 0.385. The third kappa shape index (κ3) is 4.30. The van der Waals surface area contributed by atoms with Gasteiger partial charge in [-0.25, -0.2) is 4.68 Å². The summed E-state index contributed by atoms with van der Waals surface area (Å²) >= 11 is 0. The van der Waals surface area contributed by atoms with Gasteiger partial charge < -0.3 is 14.4 Å². The lowest BCUT2D eigenvalue weighted by molar-refractivity contribution is -0.142. The van der Waals surface area contributed by atoms with Crippen LogP contribution >= 0.6 is 0 Å². The summed E-state index contributed by atoms with van der Waals surface area (Å²) in [6.45, 7) is 5.02. The summed E-state index contributed by atoms with van der Waals surface area (Å²) in [5, 5.41) is 4.01. The smallest absolute Gasteiger partial charge is 0.435 e. The number of aromatic nitrogens is 2. The van der Waals surface area contributed by atoms with E-state index in [1.807, 2.05) is 13.8 Å². The summed E-state index contributed by atoms with van der Waals surface area (Å²) in [5.74, 6) is 0.850. The minimum Gasteiger partial charge on any atom is -0.454 e. The highest BCUT2D eigenvalue weighted by Crippen LogP contribution is 2.37. The number of halogens is 3. The minimum absolute atomic E-state index is 0.127. The van der Waals surface area contributed by atoms with Gasteiger partial charge in [0.05, 0.1) is 11.4 Å². The maximum atomic E-state index is 13.9. The van der Waals surface area contributed by atoms with Gasteiger partial charge in [-0.05, 0) is 43.7 Å². The summed E-state index contributed by atoms with van der Waals surface area (Å²) in [5.41, 5.74) is 1.25. The Morgan fingerprint density at radius 2 is 1.94 bits per heavy atom. The predicted octanol–water partition coefficient (Wildman–Crippen LogP) is 5.05. The Morgan fingerprint density at radius 3 is 2.69 bits per heavy atom. The Balaban J connectivity index is 1.48. The minimum atomic E-state index is -4.57. The molecule has 2 aliphatic rings. The van der Waals surface area contributed by atoms with Gasteiger partial charge in [0.2, 0.25) is 6.79 Å². The Kier molecular flexibility index (Phi) is 6.15. The van der Waals surface area contributed by atoms with E-state index < -0.39 is 11.9 Å². The molecule has 10 heteroatoms. The lowest BCUT2D eigenvalue weighted by Gasteiger charge is -2.32. The van der Waals surface area contributed by atoms with Crippen LogP contribution in [0.1, 0.15) is 47.6 Å². The third-order valence-electron chi connectivity index (χ3n) is 6.96. The van der Waals surface area contributed by atoms with Crippen molar-refractivity contribution in [3.05, 3.63) is 65.0 Å². The number of carbonyl (C=O) groups is 1. The number of amides is 1. The number of benzene rings is 2. The third-order valence-corrected chi connectivity index (χ3v) is 6.96. The molecule has 0 aliphatic carbocycles. The molecule has 0 saturated carbocycles. The molecule has 1 unspecified atom stereocenters. The Morgan fingerprint density at radius 1 is 1.17 bits per heavy atom. The van der Waals surface area contributed by atoms with Crippen molar-refractivity contribution in [2.45, 2.75) is 45.5 Å². The lowest BCUT2D eigenvalue weighted by atomic mass is 10.0. The zero-order chi connectivity index (χ0) is 25.6. The van der Waals surface area contributed by atoms with Crippen molar-refractivity contribution >= 4 is 11.6 Å². The Bertz CT molecular complexity index is 1300. The molecule has 1 atom stereocenters. The maximum absolute atomic E-state index is 13.9. The van der Waals surface area contributed by atoms with Crippen LogP contribution in [-0.4, -0.2) is 47.0 Å². The standard InChI is InChI=1S/C26H27F3N4O3/c1-4-16(2)32-11-10-21-20(14-32)24(26(27,28)29)30-33(21)19-7-5-6-17(12-19)25(34)31(3)18-8-9-22-23(13-18)36-15-35-22/h5-9,12-13,16H,4,10-11,14-15H2,1-3H3. The van der Waals surface area contributed by atoms with Crippen molar-refractivity contribution in [2.24, 2.45) is 0 Å². The fourth-order valence-electron chi connectivity index (χ4n) is 4.69. The van der Waals surface area contributed by atoms with E-state index in [-0.39, 0.29) is 30.9 Å². The van der Waals surface area contributed by atoms with Crippen molar-refractivity contribution in [1.82, 2.24) is 14.7 Å². The zero-order valence-electron chi connectivity index (χ0n) is 20.3. The predicted molar refractivity (Wildman–Crippen MR) is 128 cm³/mol. The van der Waals surface area contributed by atoms with E-state index in [0.717, 1.165) is 6.42 Å². The van der Waals surface area contributed by atoms with Crippen LogP contribution in [-0.2, 0) is 19.1 Å². The molecule has 190 valence electrons. The lowest BCUT2D eigenvalue weighted by Crippen LogP contribution is -2.38. The topological polar surface area (TPSA) is 59.8 Å². The van der Waals surface area contributed by atoms with E-state index in [0.29, 0.717) is 47.1 Å². The van der Waals surface area contributed by atoms with Crippen LogP contribution in [0.4, 0.5) is 18.9 Å². The zero-order valence-corrected chi connectivity index (χ0v) is 20.3. The van der Waals surface area contributed by atoms with Crippen LogP contribution in [0.5, 0.6) is 11.5 Å². The summed E-state index contributed by atoms with van der Waals surface area (Å²) in [6.07, 6.45) is -3.27. The highest BCUT2D eigenvalue weighted by atomic mass is 19.4. The molecule has 7 nitrogen and oxygen atoms in total. The summed E-state index contributed by atoms with van der Waals surface area (Å²) in [7, 11) is 1.63. The molecule has 2 aliphatic heterocycles. The number of fused-ring (bicyclic) bond motifs is 2. The number of anilines is 1. The monoisotopic (exact) mass is 500 g/mol. The average Bonchev–Trinajstić information content (AvgIpc) is 3.51. The van der Waals surface area contributed by atoms with Crippen LogP contribution in [0.25, 0.3) is 5.69 Å². The van der Waals surface area contributed by atoms with E-state index in [2.05, 4.69) is 10.00 Å². The van der Waals surface area contributed by atoms with Gasteiger partial charge >= 0.3 is 6.18 Å². The molecule has 0 N–H and O–H groups in total. The molecule has 3 aromatic rings. The number of nitrogens with zero attached hydrogens (tertiary/aromatic N) is 4. The number of rotatable bonds is 5. The number of hydrogen-bond acceptors (Lipinski definition) is 5. The second-order valence-electron chi connectivity index (χ2n) is 9.11. The van der Waals surface area contributed by atoms with E-state index in [1.165, 1.54) is 9.58 Å². The first-order chi connectivity index (χ1) is 17.2. The normalized spacial score (nSPS) is 16.1. The first kappa shape index (κ1) is 24.2. The van der Waals surface area contributed by atoms with Crippen LogP contribution in [0, 0.1) is 0 Å². The second-order valence-corrected chi connectivity index (χ2v) is 9.11. The van der Waals surface area contributed by atoms with Gasteiger partial charge in [-0.15, -0.1) is 0 Å². The van der Waals surface area contributed by atoms with Crippen molar-refractivity contribution in [1.29, 1.82) is 0 Å². The van der Waals surface area contributed by atoms with Gasteiger partial charge in [-0.2, -0.15) is 18.3 Å². The Hall–Kier alpha value is -3.53. The van der Waals surface area contributed by atoms with E-state index in [9.17, 15) is 18.0 Å². The van der Waals surface area contributed by atoms with Crippen LogP contribution in [0.2, 0.25) is 0 Å². The molecule has 2 aromatic carbocycles. The van der Waals surface area contributed by atoms with E-state index >= 15 is 0 Å². The number of ether oxygens (including phenoxy) is 2. The Labute approximate surface area is 207 Å². The number of hydrogen-bond donors (Lipinski definition) is 0. The fourth-order valence-corrected chi connectivity index (χ4v) is 4.69. The first-order valence-electron chi connectivity index (χ1n) is 11.9. The summed E-state index contributed by atoms with van der Waals surface area (Å²) in [4.78, 5) is 16.8. The SMILES string of the molecule is CCC(C)N1CCc2c(c(C(F)(F)F)nn2-c2cccc(C(=O)N(C)c3ccc4c(c3)OCO4)c2)C1. The highest BCUT2D eigenvalue weighted by Gasteiger charge is 2.41. The maximum Gasteiger partial charge on any atom is 0.435 e. The quantitative estimate of drug-likeness (QED) is 0.491. The molecule has 0 spiro atoms. The van der Waals surface area contributed by atoms with Crippen LogP contribution < -0.4 is 14.4 Å². The van der Waals surface area contributed by atoms with Gasteiger partial charge in [-0.3, -0.25) is 9.69 Å². The summed E-state index contributed by atoms with van der Waals surface area (Å²) in [6, 6.07) is 11.9.